The van der Waals surface area contributed by atoms with E-state index in [-0.39, 0.29) is 11.8 Å². The summed E-state index contributed by atoms with van der Waals surface area (Å²) in [5, 5.41) is 0.836. The van der Waals surface area contributed by atoms with Gasteiger partial charge in [0.2, 0.25) is 0 Å². The van der Waals surface area contributed by atoms with Crippen LogP contribution in [0.15, 0.2) is 54.2 Å². The standard InChI is InChI=1S/C24H26Cl2N2O2/c1-3-5-6-10-15-28-23(29)21(19-14-13-17(25)16-20(19)26)22(24(28)30)27(4-2)18-11-8-7-9-12-18/h7-9,11-14,16H,3-6,10,15H2,1-2H3. The predicted molar refractivity (Wildman–Crippen MR) is 124 cm³/mol. The smallest absolute Gasteiger partial charge is 0.278 e. The Morgan fingerprint density at radius 2 is 1.63 bits per heavy atom. The van der Waals surface area contributed by atoms with Crippen molar-refractivity contribution in [2.75, 3.05) is 18.0 Å². The summed E-state index contributed by atoms with van der Waals surface area (Å²) >= 11 is 12.5. The van der Waals surface area contributed by atoms with Crippen molar-refractivity contribution in [2.24, 2.45) is 0 Å². The molecule has 0 spiro atoms. The maximum atomic E-state index is 13.5. The van der Waals surface area contributed by atoms with E-state index in [2.05, 4.69) is 6.92 Å². The fourth-order valence-electron chi connectivity index (χ4n) is 3.73. The first-order chi connectivity index (χ1) is 14.5. The summed E-state index contributed by atoms with van der Waals surface area (Å²) in [5.41, 5.74) is 2.09. The number of carbonyl (C=O) groups excluding carboxylic acids is 2. The minimum Gasteiger partial charge on any atom is -0.337 e. The minimum atomic E-state index is -0.301. The highest BCUT2D eigenvalue weighted by Gasteiger charge is 2.42. The molecule has 0 aromatic heterocycles. The number of rotatable bonds is 9. The van der Waals surface area contributed by atoms with Crippen LogP contribution in [0.1, 0.15) is 45.1 Å². The lowest BCUT2D eigenvalue weighted by Gasteiger charge is -2.25. The maximum Gasteiger partial charge on any atom is 0.278 e. The molecule has 0 atom stereocenters. The first-order valence-corrected chi connectivity index (χ1v) is 11.1. The third-order valence-corrected chi connectivity index (χ3v) is 5.78. The van der Waals surface area contributed by atoms with E-state index in [9.17, 15) is 9.59 Å². The lowest BCUT2D eigenvalue weighted by atomic mass is 10.0. The molecule has 0 N–H and O–H groups in total. The van der Waals surface area contributed by atoms with Gasteiger partial charge in [-0.15, -0.1) is 0 Å². The number of unbranched alkanes of at least 4 members (excludes halogenated alkanes) is 3. The molecule has 0 unspecified atom stereocenters. The van der Waals surface area contributed by atoms with Gasteiger partial charge in [0.1, 0.15) is 5.70 Å². The summed E-state index contributed by atoms with van der Waals surface area (Å²) in [7, 11) is 0. The lowest BCUT2D eigenvalue weighted by molar-refractivity contribution is -0.137. The zero-order valence-corrected chi connectivity index (χ0v) is 18.8. The van der Waals surface area contributed by atoms with Gasteiger partial charge < -0.3 is 4.90 Å². The summed E-state index contributed by atoms with van der Waals surface area (Å²) in [6.07, 6.45) is 3.94. The number of imide groups is 1. The van der Waals surface area contributed by atoms with Gasteiger partial charge in [0.25, 0.3) is 11.8 Å². The average Bonchev–Trinajstić information content (AvgIpc) is 2.97. The van der Waals surface area contributed by atoms with E-state index >= 15 is 0 Å². The van der Waals surface area contributed by atoms with Gasteiger partial charge >= 0.3 is 0 Å². The van der Waals surface area contributed by atoms with Crippen LogP contribution in [0.4, 0.5) is 5.69 Å². The highest BCUT2D eigenvalue weighted by molar-refractivity contribution is 6.41. The Morgan fingerprint density at radius 1 is 0.900 bits per heavy atom. The molecule has 0 aliphatic carbocycles. The Hall–Kier alpha value is -2.30. The molecular formula is C24H26Cl2N2O2. The SMILES string of the molecule is CCCCCCN1C(=O)C(c2ccc(Cl)cc2Cl)=C(N(CC)c2ccccc2)C1=O. The quantitative estimate of drug-likeness (QED) is 0.342. The monoisotopic (exact) mass is 444 g/mol. The normalized spacial score (nSPS) is 14.1. The van der Waals surface area contributed by atoms with Crippen LogP contribution in [0.5, 0.6) is 0 Å². The number of anilines is 1. The molecule has 2 aromatic rings. The highest BCUT2D eigenvalue weighted by atomic mass is 35.5. The molecule has 30 heavy (non-hydrogen) atoms. The van der Waals surface area contributed by atoms with Gasteiger partial charge in [0.05, 0.1) is 10.6 Å². The Kier molecular flexibility index (Phi) is 7.57. The van der Waals surface area contributed by atoms with Crippen LogP contribution in [-0.2, 0) is 9.59 Å². The number of halogens is 2. The van der Waals surface area contributed by atoms with Crippen LogP contribution in [-0.4, -0.2) is 29.8 Å². The highest BCUT2D eigenvalue weighted by Crippen LogP contribution is 2.37. The molecule has 0 saturated carbocycles. The van der Waals surface area contributed by atoms with Gasteiger partial charge in [-0.25, -0.2) is 0 Å². The van der Waals surface area contributed by atoms with E-state index < -0.39 is 0 Å². The number of hydrogen-bond acceptors (Lipinski definition) is 3. The van der Waals surface area contributed by atoms with Crippen LogP contribution in [0.25, 0.3) is 5.57 Å². The second-order valence-electron chi connectivity index (χ2n) is 7.25. The van der Waals surface area contributed by atoms with E-state index in [0.717, 1.165) is 31.4 Å². The predicted octanol–water partition coefficient (Wildman–Crippen LogP) is 6.18. The largest absolute Gasteiger partial charge is 0.337 e. The van der Waals surface area contributed by atoms with Crippen molar-refractivity contribution in [1.29, 1.82) is 0 Å². The molecule has 158 valence electrons. The van der Waals surface area contributed by atoms with Crippen molar-refractivity contribution in [3.8, 4) is 0 Å². The Bertz CT molecular complexity index is 957. The number of likely N-dealkylation sites (N-methyl/N-ethyl adjacent to an activating group) is 1. The van der Waals surface area contributed by atoms with E-state index in [1.54, 1.807) is 18.2 Å². The number of benzene rings is 2. The second-order valence-corrected chi connectivity index (χ2v) is 8.09. The van der Waals surface area contributed by atoms with Gasteiger partial charge in [-0.2, -0.15) is 0 Å². The second kappa shape index (κ2) is 10.1. The molecular weight excluding hydrogens is 419 g/mol. The molecule has 0 radical (unpaired) electrons. The first kappa shape index (κ1) is 22.4. The maximum absolute atomic E-state index is 13.5. The van der Waals surface area contributed by atoms with E-state index in [1.807, 2.05) is 42.2 Å². The number of para-hydroxylation sites is 1. The molecule has 2 aromatic carbocycles. The van der Waals surface area contributed by atoms with Crippen molar-refractivity contribution < 1.29 is 9.59 Å². The molecule has 4 nitrogen and oxygen atoms in total. The number of carbonyl (C=O) groups is 2. The van der Waals surface area contributed by atoms with Gasteiger partial charge in [0.15, 0.2) is 0 Å². The summed E-state index contributed by atoms with van der Waals surface area (Å²) in [5.74, 6) is -0.576. The zero-order chi connectivity index (χ0) is 21.7. The number of hydrogen-bond donors (Lipinski definition) is 0. The van der Waals surface area contributed by atoms with E-state index in [1.165, 1.54) is 4.90 Å². The topological polar surface area (TPSA) is 40.6 Å². The Labute approximate surface area is 188 Å². The molecule has 6 heteroatoms. The van der Waals surface area contributed by atoms with Crippen LogP contribution in [0.2, 0.25) is 10.0 Å². The number of amides is 2. The molecule has 0 saturated heterocycles. The lowest BCUT2D eigenvalue weighted by Crippen LogP contribution is -2.36. The third kappa shape index (κ3) is 4.55. The molecule has 2 amide bonds. The fourth-order valence-corrected chi connectivity index (χ4v) is 4.23. The van der Waals surface area contributed by atoms with Crippen molar-refractivity contribution >= 4 is 46.3 Å². The van der Waals surface area contributed by atoms with Crippen molar-refractivity contribution in [2.45, 2.75) is 39.5 Å². The van der Waals surface area contributed by atoms with Crippen molar-refractivity contribution in [3.63, 3.8) is 0 Å². The van der Waals surface area contributed by atoms with Gasteiger partial charge in [-0.05, 0) is 37.6 Å². The van der Waals surface area contributed by atoms with Gasteiger partial charge in [-0.1, -0.05) is 73.7 Å². The third-order valence-electron chi connectivity index (χ3n) is 5.23. The Balaban J connectivity index is 2.08. The molecule has 0 fully saturated rings. The molecule has 1 heterocycles. The summed E-state index contributed by atoms with van der Waals surface area (Å²) in [4.78, 5) is 30.1. The van der Waals surface area contributed by atoms with Crippen LogP contribution < -0.4 is 4.90 Å². The zero-order valence-electron chi connectivity index (χ0n) is 17.3. The van der Waals surface area contributed by atoms with Crippen molar-refractivity contribution in [1.82, 2.24) is 4.90 Å². The molecule has 1 aliphatic rings. The number of nitrogens with zero attached hydrogens (tertiary/aromatic N) is 2. The summed E-state index contributed by atoms with van der Waals surface area (Å²) < 4.78 is 0. The molecule has 3 rings (SSSR count). The first-order valence-electron chi connectivity index (χ1n) is 10.4. The summed E-state index contributed by atoms with van der Waals surface area (Å²) in [6, 6.07) is 14.6. The molecule has 1 aliphatic heterocycles. The Morgan fingerprint density at radius 3 is 2.27 bits per heavy atom. The van der Waals surface area contributed by atoms with Gasteiger partial charge in [-0.3, -0.25) is 14.5 Å². The van der Waals surface area contributed by atoms with Crippen LogP contribution in [0.3, 0.4) is 0 Å². The minimum absolute atomic E-state index is 0.275. The average molecular weight is 445 g/mol. The molecule has 0 bridgehead atoms. The van der Waals surface area contributed by atoms with Crippen LogP contribution in [0, 0.1) is 0 Å². The van der Waals surface area contributed by atoms with E-state index in [0.29, 0.717) is 40.0 Å². The van der Waals surface area contributed by atoms with E-state index in [4.69, 9.17) is 23.2 Å². The van der Waals surface area contributed by atoms with Crippen LogP contribution >= 0.6 is 23.2 Å². The fraction of sp³-hybridized carbons (Fsp3) is 0.333. The van der Waals surface area contributed by atoms with Crippen molar-refractivity contribution in [3.05, 3.63) is 69.8 Å². The summed E-state index contributed by atoms with van der Waals surface area (Å²) in [6.45, 7) is 5.03. The van der Waals surface area contributed by atoms with Gasteiger partial charge in [0, 0.05) is 29.4 Å².